The summed E-state index contributed by atoms with van der Waals surface area (Å²) in [5.41, 5.74) is 1.04. The second-order valence-corrected chi connectivity index (χ2v) is 8.89. The van der Waals surface area contributed by atoms with Crippen molar-refractivity contribution in [3.8, 4) is 5.75 Å². The first kappa shape index (κ1) is 23.4. The Kier molecular flexibility index (Phi) is 8.49. The van der Waals surface area contributed by atoms with Crippen LogP contribution in [0.2, 0.25) is 0 Å². The second-order valence-electron chi connectivity index (χ2n) is 8.89. The maximum absolute atomic E-state index is 12.8. The maximum Gasteiger partial charge on any atom is 0.225 e. The number of hydrogen-bond acceptors (Lipinski definition) is 7. The van der Waals surface area contributed by atoms with Gasteiger partial charge in [0.15, 0.2) is 0 Å². The molecule has 1 aromatic carbocycles. The molecule has 1 aromatic heterocycles. The van der Waals surface area contributed by atoms with Crippen LogP contribution in [0.25, 0.3) is 0 Å². The van der Waals surface area contributed by atoms with Gasteiger partial charge >= 0.3 is 0 Å². The van der Waals surface area contributed by atoms with Gasteiger partial charge in [0.25, 0.3) is 0 Å². The third-order valence-corrected chi connectivity index (χ3v) is 6.56. The average molecular weight is 454 g/mol. The zero-order valence-electron chi connectivity index (χ0n) is 19.5. The Balaban J connectivity index is 1.21. The lowest BCUT2D eigenvalue weighted by Gasteiger charge is -2.32. The molecule has 1 unspecified atom stereocenters. The summed E-state index contributed by atoms with van der Waals surface area (Å²) in [7, 11) is 2.15. The van der Waals surface area contributed by atoms with E-state index in [1.807, 2.05) is 24.3 Å². The summed E-state index contributed by atoms with van der Waals surface area (Å²) in [6.07, 6.45) is 9.16. The zero-order chi connectivity index (χ0) is 22.9. The molecule has 4 rings (SSSR count). The number of hydrogen-bond donors (Lipinski definition) is 1. The van der Waals surface area contributed by atoms with Crippen LogP contribution in [0.3, 0.4) is 0 Å². The van der Waals surface area contributed by atoms with Gasteiger partial charge in [-0.3, -0.25) is 14.7 Å². The fourth-order valence-corrected chi connectivity index (χ4v) is 4.55. The predicted octanol–water partition coefficient (Wildman–Crippen LogP) is 2.50. The number of carbonyl (C=O) groups is 1. The Hall–Kier alpha value is -2.71. The van der Waals surface area contributed by atoms with Crippen molar-refractivity contribution in [3.63, 3.8) is 0 Å². The first-order valence-corrected chi connectivity index (χ1v) is 12.0. The second kappa shape index (κ2) is 12.0. The Morgan fingerprint density at radius 1 is 1.27 bits per heavy atom. The number of anilines is 1. The molecule has 8 heteroatoms. The van der Waals surface area contributed by atoms with Crippen LogP contribution in [0.15, 0.2) is 42.9 Å². The van der Waals surface area contributed by atoms with Crippen molar-refractivity contribution in [1.82, 2.24) is 20.2 Å². The van der Waals surface area contributed by atoms with Crippen molar-refractivity contribution in [2.75, 3.05) is 51.4 Å². The third-order valence-electron chi connectivity index (χ3n) is 6.56. The van der Waals surface area contributed by atoms with Gasteiger partial charge in [0.05, 0.1) is 12.1 Å². The minimum absolute atomic E-state index is 0.0408. The number of ether oxygens (including phenoxy) is 2. The molecule has 2 fully saturated rings. The maximum atomic E-state index is 12.8. The lowest BCUT2D eigenvalue weighted by atomic mass is 9.97. The fourth-order valence-electron chi connectivity index (χ4n) is 4.55. The Bertz CT molecular complexity index is 875. The highest BCUT2D eigenvalue weighted by molar-refractivity contribution is 5.79. The molecule has 2 saturated heterocycles. The molecule has 2 aromatic rings. The molecule has 0 aliphatic carbocycles. The number of nitrogens with zero attached hydrogens (tertiary/aromatic N) is 4. The first-order valence-electron chi connectivity index (χ1n) is 12.0. The quantitative estimate of drug-likeness (QED) is 0.625. The number of piperidine rings is 1. The van der Waals surface area contributed by atoms with Gasteiger partial charge in [-0.1, -0.05) is 12.1 Å². The summed E-state index contributed by atoms with van der Waals surface area (Å²) in [5.74, 6) is 1.73. The lowest BCUT2D eigenvalue weighted by Crippen LogP contribution is -2.43. The van der Waals surface area contributed by atoms with Crippen LogP contribution in [0.1, 0.15) is 31.2 Å². The molecular formula is C25H35N5O3. The largest absolute Gasteiger partial charge is 0.492 e. The van der Waals surface area contributed by atoms with Gasteiger partial charge in [-0.25, -0.2) is 4.98 Å². The number of aromatic nitrogens is 2. The SMILES string of the molecule is CN(CCOc1cccc(CNC(=O)C2CCCN(c3cnccn3)C2)c1)C1CCOCC1. The summed E-state index contributed by atoms with van der Waals surface area (Å²) in [5, 5.41) is 3.11. The third kappa shape index (κ3) is 6.88. The summed E-state index contributed by atoms with van der Waals surface area (Å²) < 4.78 is 11.4. The predicted molar refractivity (Wildman–Crippen MR) is 127 cm³/mol. The standard InChI is InChI=1S/C25H35N5O3/c1-29(22-7-13-32-14-8-22)12-15-33-23-6-2-4-20(16-23)17-28-25(31)21-5-3-11-30(19-21)24-18-26-9-10-27-24/h2,4,6,9-10,16,18,21-22H,3,5,7-8,11-15,17,19H2,1H3,(H,28,31). The van der Waals surface area contributed by atoms with Crippen LogP contribution in [0, 0.1) is 5.92 Å². The molecule has 1 amide bonds. The van der Waals surface area contributed by atoms with Crippen LogP contribution in [-0.4, -0.2) is 73.3 Å². The summed E-state index contributed by atoms with van der Waals surface area (Å²) in [6.45, 7) is 5.31. The number of rotatable bonds is 9. The van der Waals surface area contributed by atoms with E-state index in [2.05, 4.69) is 32.1 Å². The molecule has 33 heavy (non-hydrogen) atoms. The van der Waals surface area contributed by atoms with Crippen LogP contribution in [0.4, 0.5) is 5.82 Å². The number of amides is 1. The number of likely N-dealkylation sites (N-methyl/N-ethyl adjacent to an activating group) is 1. The van der Waals surface area contributed by atoms with Crippen LogP contribution in [-0.2, 0) is 16.1 Å². The first-order chi connectivity index (χ1) is 16.2. The molecular weight excluding hydrogens is 418 g/mol. The summed E-state index contributed by atoms with van der Waals surface area (Å²) >= 11 is 0. The van der Waals surface area contributed by atoms with Gasteiger partial charge in [0.1, 0.15) is 18.2 Å². The molecule has 8 nitrogen and oxygen atoms in total. The Labute approximate surface area is 196 Å². The van der Waals surface area contributed by atoms with E-state index in [4.69, 9.17) is 9.47 Å². The highest BCUT2D eigenvalue weighted by Crippen LogP contribution is 2.21. The van der Waals surface area contributed by atoms with Crippen molar-refractivity contribution < 1.29 is 14.3 Å². The van der Waals surface area contributed by atoms with Crippen LogP contribution >= 0.6 is 0 Å². The van der Waals surface area contributed by atoms with Crippen LogP contribution < -0.4 is 15.0 Å². The Morgan fingerprint density at radius 3 is 2.97 bits per heavy atom. The lowest BCUT2D eigenvalue weighted by molar-refractivity contribution is -0.125. The highest BCUT2D eigenvalue weighted by atomic mass is 16.5. The minimum Gasteiger partial charge on any atom is -0.492 e. The smallest absolute Gasteiger partial charge is 0.225 e. The Morgan fingerprint density at radius 2 is 2.15 bits per heavy atom. The van der Waals surface area contributed by atoms with Crippen molar-refractivity contribution in [1.29, 1.82) is 0 Å². The molecule has 1 atom stereocenters. The van der Waals surface area contributed by atoms with Crippen LogP contribution in [0.5, 0.6) is 5.75 Å². The molecule has 3 heterocycles. The molecule has 0 saturated carbocycles. The van der Waals surface area contributed by atoms with Crippen molar-refractivity contribution >= 4 is 11.7 Å². The highest BCUT2D eigenvalue weighted by Gasteiger charge is 2.26. The molecule has 0 bridgehead atoms. The normalized spacial score (nSPS) is 19.5. The van der Waals surface area contributed by atoms with Gasteiger partial charge in [-0.15, -0.1) is 0 Å². The zero-order valence-corrected chi connectivity index (χ0v) is 19.5. The van der Waals surface area contributed by atoms with Crippen molar-refractivity contribution in [3.05, 3.63) is 48.4 Å². The molecule has 2 aliphatic rings. The van der Waals surface area contributed by atoms with Crippen molar-refractivity contribution in [2.24, 2.45) is 5.92 Å². The summed E-state index contributed by atoms with van der Waals surface area (Å²) in [4.78, 5) is 25.8. The van der Waals surface area contributed by atoms with Gasteiger partial charge in [-0.2, -0.15) is 0 Å². The fraction of sp³-hybridized carbons (Fsp3) is 0.560. The number of benzene rings is 1. The van der Waals surface area contributed by atoms with E-state index in [-0.39, 0.29) is 11.8 Å². The van der Waals surface area contributed by atoms with E-state index in [1.54, 1.807) is 18.6 Å². The number of carbonyl (C=O) groups excluding carboxylic acids is 1. The average Bonchev–Trinajstić information content (AvgIpc) is 2.88. The van der Waals surface area contributed by atoms with E-state index >= 15 is 0 Å². The molecule has 1 N–H and O–H groups in total. The van der Waals surface area contributed by atoms with Gasteiger partial charge in [0, 0.05) is 57.8 Å². The minimum atomic E-state index is -0.0408. The van der Waals surface area contributed by atoms with Gasteiger partial charge < -0.3 is 19.7 Å². The van der Waals surface area contributed by atoms with E-state index in [9.17, 15) is 4.79 Å². The van der Waals surface area contributed by atoms with Gasteiger partial charge in [0.2, 0.25) is 5.91 Å². The van der Waals surface area contributed by atoms with E-state index in [0.717, 1.165) is 69.1 Å². The number of nitrogens with one attached hydrogen (secondary N) is 1. The monoisotopic (exact) mass is 453 g/mol. The molecule has 0 spiro atoms. The van der Waals surface area contributed by atoms with E-state index < -0.39 is 0 Å². The van der Waals surface area contributed by atoms with Crippen molar-refractivity contribution in [2.45, 2.75) is 38.3 Å². The van der Waals surface area contributed by atoms with E-state index in [0.29, 0.717) is 25.7 Å². The molecule has 178 valence electrons. The summed E-state index contributed by atoms with van der Waals surface area (Å²) in [6, 6.07) is 8.57. The molecule has 2 aliphatic heterocycles. The topological polar surface area (TPSA) is 79.8 Å². The van der Waals surface area contributed by atoms with Gasteiger partial charge in [-0.05, 0) is 50.4 Å². The van der Waals surface area contributed by atoms with E-state index in [1.165, 1.54) is 0 Å². The molecule has 0 radical (unpaired) electrons.